The summed E-state index contributed by atoms with van der Waals surface area (Å²) in [4.78, 5) is 45.8. The number of epoxide rings is 1. The molecule has 5 atom stereocenters. The van der Waals surface area contributed by atoms with Crippen LogP contribution in [-0.4, -0.2) is 72.1 Å². The Kier molecular flexibility index (Phi) is 31.2. The lowest BCUT2D eigenvalue weighted by atomic mass is 10.0. The van der Waals surface area contributed by atoms with Crippen molar-refractivity contribution in [3.05, 3.63) is 60.8 Å². The maximum Gasteiger partial charge on any atom is 0.472 e. The second kappa shape index (κ2) is 34.2. The average Bonchev–Trinajstić information content (AvgIpc) is 3.93. The molecule has 12 nitrogen and oxygen atoms in total. The van der Waals surface area contributed by atoms with Gasteiger partial charge < -0.3 is 29.9 Å². The number of ether oxygens (including phenoxy) is 3. The maximum atomic E-state index is 12.6. The Balaban J connectivity index is 2.35. The lowest BCUT2D eigenvalue weighted by Crippen LogP contribution is -2.34. The summed E-state index contributed by atoms with van der Waals surface area (Å²) in [5.41, 5.74) is 5.32. The second-order valence-electron chi connectivity index (χ2n) is 14.1. The molecule has 1 fully saturated rings. The van der Waals surface area contributed by atoms with Gasteiger partial charge in [0.2, 0.25) is 0 Å². The van der Waals surface area contributed by atoms with Gasteiger partial charge in [-0.15, -0.1) is 0 Å². The molecule has 1 aliphatic heterocycles. The van der Waals surface area contributed by atoms with Crippen LogP contribution in [0.25, 0.3) is 0 Å². The minimum atomic E-state index is -4.74. The van der Waals surface area contributed by atoms with Gasteiger partial charge in [-0.2, -0.15) is 0 Å². The predicted molar refractivity (Wildman–Crippen MR) is 221 cm³/mol. The number of aliphatic carboxylic acids is 1. The summed E-state index contributed by atoms with van der Waals surface area (Å²) in [6.07, 6.45) is 40.6. The average molecular weight is 810 g/mol. The molecule has 0 aromatic rings. The van der Waals surface area contributed by atoms with Crippen LogP contribution in [0.15, 0.2) is 60.8 Å². The normalized spacial score (nSPS) is 18.0. The van der Waals surface area contributed by atoms with Gasteiger partial charge >= 0.3 is 25.7 Å². The Hall–Kier alpha value is -2.86. The van der Waals surface area contributed by atoms with Crippen molar-refractivity contribution in [2.75, 3.05) is 19.8 Å². The first-order valence-corrected chi connectivity index (χ1v) is 22.4. The van der Waals surface area contributed by atoms with Crippen molar-refractivity contribution in [3.8, 4) is 0 Å². The van der Waals surface area contributed by atoms with E-state index >= 15 is 0 Å². The quantitative estimate of drug-likeness (QED) is 0.0178. The molecule has 1 heterocycles. The largest absolute Gasteiger partial charge is 0.480 e. The van der Waals surface area contributed by atoms with Crippen molar-refractivity contribution in [1.29, 1.82) is 0 Å². The summed E-state index contributed by atoms with van der Waals surface area (Å²) in [7, 11) is -4.74. The third kappa shape index (κ3) is 31.3. The van der Waals surface area contributed by atoms with Crippen LogP contribution in [0.2, 0.25) is 0 Å². The second-order valence-corrected chi connectivity index (χ2v) is 15.6. The van der Waals surface area contributed by atoms with Crippen LogP contribution in [0.3, 0.4) is 0 Å². The van der Waals surface area contributed by atoms with Crippen LogP contribution < -0.4 is 5.73 Å². The number of esters is 2. The molecule has 0 bridgehead atoms. The molecular weight excluding hydrogens is 737 g/mol. The lowest BCUT2D eigenvalue weighted by molar-refractivity contribution is -0.161. The number of phosphoric ester groups is 1. The fourth-order valence-electron chi connectivity index (χ4n) is 5.54. The van der Waals surface area contributed by atoms with Gasteiger partial charge in [-0.25, -0.2) is 4.57 Å². The summed E-state index contributed by atoms with van der Waals surface area (Å²) in [6.45, 7) is 2.58. The number of allylic oxidation sites excluding steroid dienone is 8. The Labute approximate surface area is 336 Å². The van der Waals surface area contributed by atoms with E-state index in [4.69, 9.17) is 29.6 Å². The first-order valence-electron chi connectivity index (χ1n) is 20.9. The van der Waals surface area contributed by atoms with Crippen molar-refractivity contribution in [3.63, 3.8) is 0 Å². The first-order chi connectivity index (χ1) is 27.1. The third-order valence-corrected chi connectivity index (χ3v) is 9.90. The number of carbonyl (C=O) groups is 3. The molecule has 1 saturated heterocycles. The molecular formula is C43H72NO11P. The Morgan fingerprint density at radius 3 is 1.71 bits per heavy atom. The van der Waals surface area contributed by atoms with E-state index in [1.165, 1.54) is 51.4 Å². The van der Waals surface area contributed by atoms with E-state index in [-0.39, 0.29) is 19.4 Å². The number of carbonyl (C=O) groups excluding carboxylic acids is 2. The topological polar surface area (TPSA) is 184 Å². The highest BCUT2D eigenvalue weighted by Gasteiger charge is 2.36. The predicted octanol–water partition coefficient (Wildman–Crippen LogP) is 9.77. The van der Waals surface area contributed by atoms with Crippen LogP contribution >= 0.6 is 7.82 Å². The monoisotopic (exact) mass is 809 g/mol. The molecule has 320 valence electrons. The summed E-state index contributed by atoms with van der Waals surface area (Å²) in [6, 6.07) is -1.54. The van der Waals surface area contributed by atoms with E-state index in [0.717, 1.165) is 51.4 Å². The van der Waals surface area contributed by atoms with Crippen LogP contribution in [0.1, 0.15) is 149 Å². The van der Waals surface area contributed by atoms with E-state index < -0.39 is 51.1 Å². The van der Waals surface area contributed by atoms with E-state index in [9.17, 15) is 23.8 Å². The van der Waals surface area contributed by atoms with Gasteiger partial charge in [0.05, 0.1) is 25.4 Å². The Morgan fingerprint density at radius 1 is 0.661 bits per heavy atom. The van der Waals surface area contributed by atoms with Crippen LogP contribution in [0.5, 0.6) is 0 Å². The molecule has 0 aromatic heterocycles. The van der Waals surface area contributed by atoms with Crippen molar-refractivity contribution in [1.82, 2.24) is 0 Å². The molecule has 3 unspecified atom stereocenters. The molecule has 4 N–H and O–H groups in total. The van der Waals surface area contributed by atoms with E-state index in [0.29, 0.717) is 31.5 Å². The van der Waals surface area contributed by atoms with Gasteiger partial charge in [0.15, 0.2) is 6.10 Å². The SMILES string of the molecule is CC/C=C\CC1OC1C/C=C\C/C=C\C/C=C\C/C=C\CCC(=O)O[C@H](COC(=O)CCCCCCCCCCCCCC)COP(=O)(O)OC[C@H](N)C(=O)O. The van der Waals surface area contributed by atoms with Crippen molar-refractivity contribution in [2.24, 2.45) is 5.73 Å². The van der Waals surface area contributed by atoms with Gasteiger partial charge in [0.25, 0.3) is 0 Å². The zero-order chi connectivity index (χ0) is 41.1. The summed E-state index contributed by atoms with van der Waals surface area (Å²) < 4.78 is 38.2. The molecule has 0 radical (unpaired) electrons. The van der Waals surface area contributed by atoms with Gasteiger partial charge in [0.1, 0.15) is 12.6 Å². The number of unbranched alkanes of at least 4 members (excludes halogenated alkanes) is 11. The molecule has 1 aliphatic rings. The fraction of sp³-hybridized carbons (Fsp3) is 0.698. The lowest BCUT2D eigenvalue weighted by Gasteiger charge is -2.20. The van der Waals surface area contributed by atoms with Gasteiger partial charge in [-0.1, -0.05) is 145 Å². The van der Waals surface area contributed by atoms with Gasteiger partial charge in [0, 0.05) is 12.8 Å². The highest BCUT2D eigenvalue weighted by Crippen LogP contribution is 2.43. The van der Waals surface area contributed by atoms with Crippen LogP contribution in [0.4, 0.5) is 0 Å². The van der Waals surface area contributed by atoms with Crippen molar-refractivity contribution < 1.29 is 52.2 Å². The number of rotatable bonds is 37. The smallest absolute Gasteiger partial charge is 0.472 e. The summed E-state index contributed by atoms with van der Waals surface area (Å²) >= 11 is 0. The summed E-state index contributed by atoms with van der Waals surface area (Å²) in [5, 5.41) is 8.88. The number of carboxylic acids is 1. The molecule has 13 heteroatoms. The number of hydrogen-bond acceptors (Lipinski definition) is 10. The standard InChI is InChI=1S/C43H72NO11P/c1-3-5-7-8-9-10-11-15-18-21-24-28-32-41(45)51-34-37(35-52-56(49,50)53-36-38(44)43(47)48)54-42(46)33-29-25-22-19-16-13-12-14-17-20-23-27-31-40-39(55-40)30-26-6-4-2/h6,13-14,16-17,22-23,25-27,37-40H,3-5,7-12,15,18-21,24,28-36,44H2,1-2H3,(H,47,48)(H,49,50)/b16-13-,17-14-,25-22-,26-6-,27-23-/t37-,38+,39?,40?/m1/s1. The Bertz CT molecular complexity index is 1250. The van der Waals surface area contributed by atoms with E-state index in [1.54, 1.807) is 0 Å². The molecule has 0 aromatic carbocycles. The van der Waals surface area contributed by atoms with Gasteiger partial charge in [-0.3, -0.25) is 23.4 Å². The van der Waals surface area contributed by atoms with Crippen LogP contribution in [0, 0.1) is 0 Å². The summed E-state index contributed by atoms with van der Waals surface area (Å²) in [5.74, 6) is -2.50. The zero-order valence-corrected chi connectivity index (χ0v) is 35.0. The highest BCUT2D eigenvalue weighted by molar-refractivity contribution is 7.47. The van der Waals surface area contributed by atoms with Crippen LogP contribution in [-0.2, 0) is 42.2 Å². The first kappa shape index (κ1) is 51.2. The minimum absolute atomic E-state index is 0.0317. The number of phosphoric acid groups is 1. The highest BCUT2D eigenvalue weighted by atomic mass is 31.2. The number of carboxylic acid groups (broad SMARTS) is 1. The van der Waals surface area contributed by atoms with Crippen molar-refractivity contribution >= 4 is 25.7 Å². The number of hydrogen-bond donors (Lipinski definition) is 3. The molecule has 1 rings (SSSR count). The minimum Gasteiger partial charge on any atom is -0.480 e. The maximum absolute atomic E-state index is 12.6. The number of nitrogens with two attached hydrogens (primary N) is 1. The van der Waals surface area contributed by atoms with Gasteiger partial charge in [-0.05, 0) is 51.4 Å². The fourth-order valence-corrected chi connectivity index (χ4v) is 6.32. The molecule has 0 spiro atoms. The molecule has 0 amide bonds. The van der Waals surface area contributed by atoms with E-state index in [2.05, 4.69) is 60.9 Å². The zero-order valence-electron chi connectivity index (χ0n) is 34.1. The molecule has 56 heavy (non-hydrogen) atoms. The Morgan fingerprint density at radius 2 is 1.16 bits per heavy atom. The van der Waals surface area contributed by atoms with Crippen molar-refractivity contribution in [2.45, 2.75) is 173 Å². The third-order valence-electron chi connectivity index (χ3n) is 8.95. The van der Waals surface area contributed by atoms with E-state index in [1.807, 2.05) is 18.2 Å². The molecule has 0 aliphatic carbocycles. The molecule has 0 saturated carbocycles.